The van der Waals surface area contributed by atoms with E-state index in [4.69, 9.17) is 9.47 Å². The van der Waals surface area contributed by atoms with Gasteiger partial charge in [-0.2, -0.15) is 0 Å². The van der Waals surface area contributed by atoms with E-state index in [1.807, 2.05) is 12.3 Å². The van der Waals surface area contributed by atoms with Gasteiger partial charge in [-0.1, -0.05) is 32.1 Å². The highest BCUT2D eigenvalue weighted by Crippen LogP contribution is 2.22. The van der Waals surface area contributed by atoms with Crippen molar-refractivity contribution >= 4 is 17.3 Å². The van der Waals surface area contributed by atoms with Crippen molar-refractivity contribution in [2.24, 2.45) is 5.92 Å². The van der Waals surface area contributed by atoms with E-state index in [-0.39, 0.29) is 5.97 Å². The summed E-state index contributed by atoms with van der Waals surface area (Å²) in [6, 6.07) is 0. The Morgan fingerprint density at radius 1 is 1.43 bits per heavy atom. The van der Waals surface area contributed by atoms with E-state index < -0.39 is 0 Å². The molecule has 1 saturated heterocycles. The molecular formula is C17H24O3S. The Labute approximate surface area is 131 Å². The van der Waals surface area contributed by atoms with Gasteiger partial charge in [0, 0.05) is 24.5 Å². The fourth-order valence-corrected chi connectivity index (χ4v) is 2.77. The zero-order valence-corrected chi connectivity index (χ0v) is 14.1. The Morgan fingerprint density at radius 3 is 2.62 bits per heavy atom. The lowest BCUT2D eigenvalue weighted by Crippen LogP contribution is -2.13. The normalized spacial score (nSPS) is 14.5. The molecule has 1 aromatic heterocycles. The summed E-state index contributed by atoms with van der Waals surface area (Å²) in [4.78, 5) is 12.4. The molecule has 2 heterocycles. The Balaban J connectivity index is 0.000000677. The molecule has 1 aliphatic rings. The van der Waals surface area contributed by atoms with Gasteiger partial charge in [-0.3, -0.25) is 0 Å². The lowest BCUT2D eigenvalue weighted by Gasteiger charge is -2.16. The van der Waals surface area contributed by atoms with E-state index >= 15 is 0 Å². The van der Waals surface area contributed by atoms with E-state index in [0.29, 0.717) is 11.5 Å². The molecule has 0 atom stereocenters. The summed E-state index contributed by atoms with van der Waals surface area (Å²) in [5, 5.41) is 1.81. The van der Waals surface area contributed by atoms with Gasteiger partial charge in [0.15, 0.2) is 0 Å². The molecule has 0 unspecified atom stereocenters. The van der Waals surface area contributed by atoms with Crippen molar-refractivity contribution in [2.45, 2.75) is 40.0 Å². The maximum atomic E-state index is 11.5. The number of ether oxygens (including phenoxy) is 2. The van der Waals surface area contributed by atoms with E-state index in [1.54, 1.807) is 0 Å². The summed E-state index contributed by atoms with van der Waals surface area (Å²) in [5.74, 6) is 6.59. The van der Waals surface area contributed by atoms with Crippen LogP contribution >= 0.6 is 11.3 Å². The molecule has 0 saturated carbocycles. The third-order valence-electron chi connectivity index (χ3n) is 3.06. The van der Waals surface area contributed by atoms with Gasteiger partial charge in [-0.25, -0.2) is 4.79 Å². The summed E-state index contributed by atoms with van der Waals surface area (Å²) in [7, 11) is 1.40. The fraction of sp³-hybridized carbons (Fsp3) is 0.588. The van der Waals surface area contributed by atoms with Gasteiger partial charge in [0.2, 0.25) is 0 Å². The van der Waals surface area contributed by atoms with E-state index in [2.05, 4.69) is 25.7 Å². The number of methoxy groups -OCH3 is 1. The number of thiophene rings is 1. The van der Waals surface area contributed by atoms with Crippen LogP contribution in [0.15, 0.2) is 5.38 Å². The molecule has 4 heteroatoms. The van der Waals surface area contributed by atoms with Crippen LogP contribution in [0, 0.1) is 24.7 Å². The number of hydrogen-bond donors (Lipinski definition) is 0. The highest BCUT2D eigenvalue weighted by Gasteiger charge is 2.14. The van der Waals surface area contributed by atoms with Crippen molar-refractivity contribution in [2.75, 3.05) is 20.3 Å². The van der Waals surface area contributed by atoms with Crippen LogP contribution in [-0.2, 0) is 9.47 Å². The maximum absolute atomic E-state index is 11.5. The molecule has 3 nitrogen and oxygen atoms in total. The van der Waals surface area contributed by atoms with Crippen LogP contribution in [0.5, 0.6) is 0 Å². The van der Waals surface area contributed by atoms with Crippen molar-refractivity contribution < 1.29 is 14.3 Å². The van der Waals surface area contributed by atoms with E-state index in [1.165, 1.54) is 24.9 Å². The van der Waals surface area contributed by atoms with Crippen molar-refractivity contribution in [3.05, 3.63) is 21.4 Å². The first kappa shape index (κ1) is 17.7. The van der Waals surface area contributed by atoms with Crippen LogP contribution < -0.4 is 0 Å². The Hall–Kier alpha value is -1.31. The van der Waals surface area contributed by atoms with Crippen LogP contribution in [-0.4, -0.2) is 26.3 Å². The van der Waals surface area contributed by atoms with Crippen LogP contribution in [0.3, 0.4) is 0 Å². The minimum atomic E-state index is -0.289. The van der Waals surface area contributed by atoms with E-state index in [0.717, 1.165) is 36.5 Å². The predicted octanol–water partition coefficient (Wildman–Crippen LogP) is 4.04. The lowest BCUT2D eigenvalue weighted by atomic mass is 10.0. The number of carbonyl (C=O) groups is 1. The molecule has 1 aliphatic heterocycles. The molecule has 21 heavy (non-hydrogen) atoms. The summed E-state index contributed by atoms with van der Waals surface area (Å²) in [6.07, 6.45) is 3.25. The first-order valence-electron chi connectivity index (χ1n) is 7.39. The van der Waals surface area contributed by atoms with Crippen LogP contribution in [0.4, 0.5) is 0 Å². The first-order valence-corrected chi connectivity index (χ1v) is 8.27. The summed E-state index contributed by atoms with van der Waals surface area (Å²) in [6.45, 7) is 7.77. The molecule has 0 radical (unpaired) electrons. The van der Waals surface area contributed by atoms with Gasteiger partial charge in [0.05, 0.1) is 17.6 Å². The number of esters is 1. The molecule has 0 aromatic carbocycles. The van der Waals surface area contributed by atoms with Crippen LogP contribution in [0.25, 0.3) is 0 Å². The zero-order chi connectivity index (χ0) is 15.7. The highest BCUT2D eigenvalue weighted by molar-refractivity contribution is 7.11. The second kappa shape index (κ2) is 9.59. The lowest BCUT2D eigenvalue weighted by molar-refractivity contribution is 0.0600. The predicted molar refractivity (Wildman–Crippen MR) is 86.8 cm³/mol. The fourth-order valence-electron chi connectivity index (χ4n) is 1.86. The molecule has 0 spiro atoms. The summed E-state index contributed by atoms with van der Waals surface area (Å²) >= 11 is 1.50. The Morgan fingerprint density at radius 2 is 2.05 bits per heavy atom. The van der Waals surface area contributed by atoms with Gasteiger partial charge in [0.1, 0.15) is 0 Å². The van der Waals surface area contributed by atoms with Crippen molar-refractivity contribution in [1.29, 1.82) is 0 Å². The average Bonchev–Trinajstić information content (AvgIpc) is 2.87. The third kappa shape index (κ3) is 5.53. The second-order valence-corrected chi connectivity index (χ2v) is 5.84. The van der Waals surface area contributed by atoms with Crippen LogP contribution in [0.1, 0.15) is 53.9 Å². The smallest absolute Gasteiger partial charge is 0.339 e. The molecular weight excluding hydrogens is 284 g/mol. The molecule has 1 fully saturated rings. The zero-order valence-electron chi connectivity index (χ0n) is 13.3. The van der Waals surface area contributed by atoms with Gasteiger partial charge >= 0.3 is 5.97 Å². The summed E-state index contributed by atoms with van der Waals surface area (Å²) < 4.78 is 10.0. The average molecular weight is 308 g/mol. The quantitative estimate of drug-likeness (QED) is 0.580. The molecule has 0 aliphatic carbocycles. The monoisotopic (exact) mass is 308 g/mol. The minimum absolute atomic E-state index is 0.289. The Bertz CT molecular complexity index is 502. The van der Waals surface area contributed by atoms with Crippen LogP contribution in [0.2, 0.25) is 0 Å². The topological polar surface area (TPSA) is 35.5 Å². The van der Waals surface area contributed by atoms with Crippen molar-refractivity contribution in [3.8, 4) is 11.8 Å². The van der Waals surface area contributed by atoms with Crippen molar-refractivity contribution in [1.82, 2.24) is 0 Å². The van der Waals surface area contributed by atoms with Gasteiger partial charge in [-0.05, 0) is 25.3 Å². The first-order chi connectivity index (χ1) is 10.1. The highest BCUT2D eigenvalue weighted by atomic mass is 32.1. The second-order valence-electron chi connectivity index (χ2n) is 4.96. The molecule has 0 bridgehead atoms. The number of carbonyl (C=O) groups excluding carboxylic acids is 1. The minimum Gasteiger partial charge on any atom is -0.465 e. The SMILES string of the molecule is CCC.COC(=O)c1csc(C#CC2CCOCC2)c1C. The number of rotatable bonds is 1. The van der Waals surface area contributed by atoms with Gasteiger partial charge < -0.3 is 9.47 Å². The summed E-state index contributed by atoms with van der Waals surface area (Å²) in [5.41, 5.74) is 1.55. The van der Waals surface area contributed by atoms with Gasteiger partial charge in [0.25, 0.3) is 0 Å². The van der Waals surface area contributed by atoms with Gasteiger partial charge in [-0.15, -0.1) is 11.3 Å². The molecule has 0 amide bonds. The molecule has 2 rings (SSSR count). The third-order valence-corrected chi connectivity index (χ3v) is 4.05. The number of hydrogen-bond acceptors (Lipinski definition) is 4. The maximum Gasteiger partial charge on any atom is 0.339 e. The van der Waals surface area contributed by atoms with E-state index in [9.17, 15) is 4.79 Å². The molecule has 0 N–H and O–H groups in total. The molecule has 1 aromatic rings. The largest absolute Gasteiger partial charge is 0.465 e. The molecule has 116 valence electrons. The van der Waals surface area contributed by atoms with Crippen molar-refractivity contribution in [3.63, 3.8) is 0 Å². The standard InChI is InChI=1S/C14H16O3S.C3H8/c1-10-12(14(15)16-2)9-18-13(10)4-3-11-5-7-17-8-6-11;1-3-2/h9,11H,5-8H2,1-2H3;3H2,1-2H3. The Kier molecular flexibility index (Phi) is 8.11.